The Morgan fingerprint density at radius 3 is 2.28 bits per heavy atom. The van der Waals surface area contributed by atoms with E-state index in [1.165, 1.54) is 23.7 Å². The summed E-state index contributed by atoms with van der Waals surface area (Å²) in [6.45, 7) is 5.34. The lowest BCUT2D eigenvalue weighted by Gasteiger charge is -2.20. The number of amides is 2. The van der Waals surface area contributed by atoms with E-state index in [1.54, 1.807) is 12.1 Å². The maximum absolute atomic E-state index is 12.8. The van der Waals surface area contributed by atoms with Crippen molar-refractivity contribution in [2.45, 2.75) is 20.8 Å². The minimum Gasteiger partial charge on any atom is -0.326 e. The van der Waals surface area contributed by atoms with Crippen LogP contribution < -0.4 is 10.3 Å². The Hall–Kier alpha value is -2.38. The molecule has 0 atom stereocenters. The van der Waals surface area contributed by atoms with Crippen molar-refractivity contribution in [2.24, 2.45) is 0 Å². The van der Waals surface area contributed by atoms with Gasteiger partial charge in [-0.3, -0.25) is 14.3 Å². The van der Waals surface area contributed by atoms with Gasteiger partial charge in [0.25, 0.3) is 5.91 Å². The fraction of sp³-hybridized carbons (Fsp3) is 0.167. The lowest BCUT2D eigenvalue weighted by Crippen LogP contribution is -2.39. The van der Waals surface area contributed by atoms with Crippen LogP contribution in [0.25, 0.3) is 6.08 Å². The maximum atomic E-state index is 12.8. The van der Waals surface area contributed by atoms with Crippen molar-refractivity contribution in [3.05, 3.63) is 58.3 Å². The van der Waals surface area contributed by atoms with Crippen LogP contribution in [-0.2, 0) is 9.59 Å². The number of nitrogens with zero attached hydrogens (tertiary/aromatic N) is 2. The van der Waals surface area contributed by atoms with Gasteiger partial charge in [-0.05, 0) is 62.0 Å². The summed E-state index contributed by atoms with van der Waals surface area (Å²) in [5.41, 5.74) is 3.50. The van der Waals surface area contributed by atoms with Gasteiger partial charge in [-0.25, -0.2) is 0 Å². The molecule has 7 heteroatoms. The topological polar surface area (TPSA) is 54.3 Å². The van der Waals surface area contributed by atoms with Crippen molar-refractivity contribution in [1.82, 2.24) is 4.68 Å². The van der Waals surface area contributed by atoms with Crippen molar-refractivity contribution in [3.63, 3.8) is 0 Å². The standard InChI is InChI=1S/C18H17N3O2S2/c1-11-4-5-12(2)20(11)21-17(23)16(25-18(21)24)10-14-6-8-15(9-7-14)19-13(3)22/h4-10H,1-3H3,(H,19,22)/b16-10-. The van der Waals surface area contributed by atoms with Crippen molar-refractivity contribution in [1.29, 1.82) is 0 Å². The number of aryl methyl sites for hydroxylation is 2. The predicted molar refractivity (Wildman–Crippen MR) is 106 cm³/mol. The third-order valence-corrected chi connectivity index (χ3v) is 5.02. The SMILES string of the molecule is CC(=O)Nc1ccc(/C=C2\SC(=S)N(n3c(C)ccc3C)C2=O)cc1. The molecule has 1 aromatic heterocycles. The fourth-order valence-corrected chi connectivity index (χ4v) is 3.87. The summed E-state index contributed by atoms with van der Waals surface area (Å²) in [7, 11) is 0. The van der Waals surface area contributed by atoms with Gasteiger partial charge in [0, 0.05) is 24.0 Å². The van der Waals surface area contributed by atoms with Gasteiger partial charge in [0.2, 0.25) is 5.91 Å². The van der Waals surface area contributed by atoms with E-state index in [2.05, 4.69) is 5.32 Å². The quantitative estimate of drug-likeness (QED) is 0.662. The minimum absolute atomic E-state index is 0.119. The van der Waals surface area contributed by atoms with Gasteiger partial charge in [-0.2, -0.15) is 5.01 Å². The summed E-state index contributed by atoms with van der Waals surface area (Å²) < 4.78 is 2.34. The molecule has 0 bridgehead atoms. The van der Waals surface area contributed by atoms with Crippen LogP contribution >= 0.6 is 24.0 Å². The van der Waals surface area contributed by atoms with Crippen LogP contribution in [0.1, 0.15) is 23.9 Å². The number of carbonyl (C=O) groups is 2. The maximum Gasteiger partial charge on any atom is 0.285 e. The van der Waals surface area contributed by atoms with Crippen LogP contribution in [0, 0.1) is 13.8 Å². The Balaban J connectivity index is 1.87. The second-order valence-electron chi connectivity index (χ2n) is 5.72. The van der Waals surface area contributed by atoms with Crippen LogP contribution in [0.4, 0.5) is 5.69 Å². The molecule has 0 spiro atoms. The average Bonchev–Trinajstić information content (AvgIpc) is 3.01. The molecule has 1 aromatic carbocycles. The van der Waals surface area contributed by atoms with E-state index in [0.717, 1.165) is 22.6 Å². The molecule has 0 radical (unpaired) electrons. The number of hydrogen-bond donors (Lipinski definition) is 1. The van der Waals surface area contributed by atoms with E-state index in [9.17, 15) is 9.59 Å². The number of thioether (sulfide) groups is 1. The molecule has 2 heterocycles. The number of hydrogen-bond acceptors (Lipinski definition) is 4. The van der Waals surface area contributed by atoms with Gasteiger partial charge in [-0.1, -0.05) is 23.9 Å². The smallest absolute Gasteiger partial charge is 0.285 e. The Labute approximate surface area is 155 Å². The number of benzene rings is 1. The minimum atomic E-state index is -0.136. The number of rotatable bonds is 3. The van der Waals surface area contributed by atoms with E-state index in [0.29, 0.717) is 9.23 Å². The summed E-state index contributed by atoms with van der Waals surface area (Å²) in [6, 6.07) is 11.2. The number of thiocarbonyl (C=S) groups is 1. The molecular weight excluding hydrogens is 354 g/mol. The number of carbonyl (C=O) groups excluding carboxylic acids is 2. The van der Waals surface area contributed by atoms with Crippen LogP contribution in [-0.4, -0.2) is 20.8 Å². The molecule has 2 amide bonds. The molecule has 25 heavy (non-hydrogen) atoms. The zero-order chi connectivity index (χ0) is 18.1. The Kier molecular flexibility index (Phi) is 4.78. The molecule has 0 aliphatic carbocycles. The zero-order valence-corrected chi connectivity index (χ0v) is 15.7. The van der Waals surface area contributed by atoms with Gasteiger partial charge in [0.05, 0.1) is 4.91 Å². The first-order valence-electron chi connectivity index (χ1n) is 7.67. The summed E-state index contributed by atoms with van der Waals surface area (Å²) in [5.74, 6) is -0.255. The highest BCUT2D eigenvalue weighted by molar-refractivity contribution is 8.27. The first-order valence-corrected chi connectivity index (χ1v) is 8.90. The number of aromatic nitrogens is 1. The first kappa shape index (κ1) is 17.4. The summed E-state index contributed by atoms with van der Waals surface area (Å²) in [5, 5.41) is 4.25. The molecule has 1 N–H and O–H groups in total. The van der Waals surface area contributed by atoms with Crippen LogP contribution in [0.2, 0.25) is 0 Å². The summed E-state index contributed by atoms with van der Waals surface area (Å²) in [6.07, 6.45) is 1.81. The van der Waals surface area contributed by atoms with Crippen molar-refractivity contribution >= 4 is 51.9 Å². The lowest BCUT2D eigenvalue weighted by molar-refractivity contribution is -0.115. The van der Waals surface area contributed by atoms with Crippen LogP contribution in [0.15, 0.2) is 41.3 Å². The van der Waals surface area contributed by atoms with Gasteiger partial charge in [0.15, 0.2) is 4.32 Å². The Morgan fingerprint density at radius 2 is 1.72 bits per heavy atom. The van der Waals surface area contributed by atoms with Gasteiger partial charge >= 0.3 is 0 Å². The van der Waals surface area contributed by atoms with Crippen molar-refractivity contribution < 1.29 is 9.59 Å². The summed E-state index contributed by atoms with van der Waals surface area (Å²) >= 11 is 6.69. The first-order chi connectivity index (χ1) is 11.9. The molecule has 128 valence electrons. The van der Waals surface area contributed by atoms with Gasteiger partial charge in [-0.15, -0.1) is 0 Å². The molecule has 1 aliphatic heterocycles. The average molecular weight is 371 g/mol. The molecular formula is C18H17N3O2S2. The third-order valence-electron chi connectivity index (χ3n) is 3.74. The predicted octanol–water partition coefficient (Wildman–Crippen LogP) is 3.60. The Bertz CT molecular complexity index is 878. The third kappa shape index (κ3) is 3.52. The second-order valence-corrected chi connectivity index (χ2v) is 7.40. The highest BCUT2D eigenvalue weighted by Crippen LogP contribution is 2.32. The Morgan fingerprint density at radius 1 is 1.12 bits per heavy atom. The molecule has 1 saturated heterocycles. The molecule has 1 aliphatic rings. The van der Waals surface area contributed by atoms with Gasteiger partial charge in [0.1, 0.15) is 0 Å². The largest absolute Gasteiger partial charge is 0.326 e. The summed E-state index contributed by atoms with van der Waals surface area (Å²) in [4.78, 5) is 24.4. The van der Waals surface area contributed by atoms with Crippen molar-refractivity contribution in [3.8, 4) is 0 Å². The lowest BCUT2D eigenvalue weighted by atomic mass is 10.2. The molecule has 1 fully saturated rings. The van der Waals surface area contributed by atoms with E-state index in [1.807, 2.05) is 48.9 Å². The normalized spacial score (nSPS) is 16.0. The number of nitrogens with one attached hydrogen (secondary N) is 1. The van der Waals surface area contributed by atoms with Crippen molar-refractivity contribution in [2.75, 3.05) is 10.3 Å². The molecule has 2 aromatic rings. The second kappa shape index (κ2) is 6.85. The zero-order valence-electron chi connectivity index (χ0n) is 14.1. The van der Waals surface area contributed by atoms with E-state index < -0.39 is 0 Å². The fourth-order valence-electron chi connectivity index (χ4n) is 2.63. The van der Waals surface area contributed by atoms with E-state index >= 15 is 0 Å². The number of anilines is 1. The van der Waals surface area contributed by atoms with E-state index in [4.69, 9.17) is 12.2 Å². The molecule has 0 saturated carbocycles. The van der Waals surface area contributed by atoms with Crippen LogP contribution in [0.5, 0.6) is 0 Å². The molecule has 5 nitrogen and oxygen atoms in total. The van der Waals surface area contributed by atoms with Gasteiger partial charge < -0.3 is 5.32 Å². The van der Waals surface area contributed by atoms with E-state index in [-0.39, 0.29) is 11.8 Å². The monoisotopic (exact) mass is 371 g/mol. The molecule has 0 unspecified atom stereocenters. The van der Waals surface area contributed by atoms with Crippen LogP contribution in [0.3, 0.4) is 0 Å². The highest BCUT2D eigenvalue weighted by Gasteiger charge is 2.34. The molecule has 3 rings (SSSR count). The highest BCUT2D eigenvalue weighted by atomic mass is 32.2.